The van der Waals surface area contributed by atoms with Gasteiger partial charge in [0.05, 0.1) is 11.8 Å². The summed E-state index contributed by atoms with van der Waals surface area (Å²) in [6.45, 7) is 7.84. The Kier molecular flexibility index (Phi) is 4.89. The van der Waals surface area contributed by atoms with Crippen molar-refractivity contribution in [3.05, 3.63) is 35.3 Å². The molecule has 26 heavy (non-hydrogen) atoms. The second kappa shape index (κ2) is 6.97. The van der Waals surface area contributed by atoms with Crippen LogP contribution >= 0.6 is 0 Å². The Balaban J connectivity index is 0.00000261. The van der Waals surface area contributed by atoms with Crippen molar-refractivity contribution in [2.24, 2.45) is 13.0 Å². The fraction of sp³-hybridized carbons (Fsp3) is 0.474. The van der Waals surface area contributed by atoms with Crippen molar-refractivity contribution in [1.29, 1.82) is 5.41 Å². The lowest BCUT2D eigenvalue weighted by Gasteiger charge is -2.17. The summed E-state index contributed by atoms with van der Waals surface area (Å²) < 4.78 is 21.3. The summed E-state index contributed by atoms with van der Waals surface area (Å²) in [5, 5.41) is 13.0. The lowest BCUT2D eigenvalue weighted by molar-refractivity contribution is 0.231. The van der Waals surface area contributed by atoms with E-state index in [1.807, 2.05) is 27.0 Å². The van der Waals surface area contributed by atoms with Gasteiger partial charge in [-0.1, -0.05) is 6.92 Å². The summed E-state index contributed by atoms with van der Waals surface area (Å²) in [5.41, 5.74) is 7.25. The highest BCUT2D eigenvalue weighted by Gasteiger charge is 2.24. The van der Waals surface area contributed by atoms with Crippen molar-refractivity contribution in [3.63, 3.8) is 0 Å². The molecule has 1 aliphatic heterocycles. The highest BCUT2D eigenvalue weighted by atomic mass is 19.1. The quantitative estimate of drug-likeness (QED) is 0.631. The summed E-state index contributed by atoms with van der Waals surface area (Å²) in [7, 11) is 1.87. The van der Waals surface area contributed by atoms with E-state index in [2.05, 4.69) is 16.9 Å². The van der Waals surface area contributed by atoms with Gasteiger partial charge in [0, 0.05) is 44.9 Å². The first kappa shape index (κ1) is 18.2. The van der Waals surface area contributed by atoms with E-state index < -0.39 is 5.82 Å². The van der Waals surface area contributed by atoms with Crippen molar-refractivity contribution in [3.8, 4) is 5.75 Å². The first-order chi connectivity index (χ1) is 12.3. The standard InChI is InChI=1S/C19H26FN5O.H2/c1-11(2)26-17-7-13(15(21)8-14(17)20)19(22)16-9-18(24(4)23-16)25-6-5-12(3)10-25;/h7-9,11-12,22H,5-6,10,21H2,1-4H3;1H/t12-;/m0./s1. The van der Waals surface area contributed by atoms with E-state index in [0.29, 0.717) is 17.2 Å². The zero-order valence-corrected chi connectivity index (χ0v) is 15.7. The average Bonchev–Trinajstić information content (AvgIpc) is 3.14. The molecule has 1 fully saturated rings. The fourth-order valence-corrected chi connectivity index (χ4v) is 3.29. The molecule has 0 saturated carbocycles. The molecule has 2 aromatic rings. The zero-order chi connectivity index (χ0) is 19.0. The smallest absolute Gasteiger partial charge is 0.167 e. The molecule has 0 bridgehead atoms. The van der Waals surface area contributed by atoms with Crippen LogP contribution in [0.3, 0.4) is 0 Å². The van der Waals surface area contributed by atoms with Crippen LogP contribution in [0.15, 0.2) is 18.2 Å². The molecule has 1 aromatic heterocycles. The van der Waals surface area contributed by atoms with Gasteiger partial charge in [-0.15, -0.1) is 0 Å². The number of anilines is 2. The molecule has 142 valence electrons. The van der Waals surface area contributed by atoms with Crippen LogP contribution in [0.2, 0.25) is 0 Å². The molecule has 1 atom stereocenters. The van der Waals surface area contributed by atoms with Gasteiger partial charge in [0.15, 0.2) is 11.6 Å². The SMILES string of the molecule is CC(C)Oc1cc(C(=N)c2cc(N3CC[C@H](C)C3)n(C)n2)c(N)cc1F.[HH]. The van der Waals surface area contributed by atoms with Gasteiger partial charge in [-0.2, -0.15) is 5.10 Å². The van der Waals surface area contributed by atoms with E-state index in [-0.39, 0.29) is 24.7 Å². The topological polar surface area (TPSA) is 80.2 Å². The number of nitrogens with two attached hydrogens (primary N) is 1. The summed E-state index contributed by atoms with van der Waals surface area (Å²) in [6.07, 6.45) is 0.979. The molecule has 0 unspecified atom stereocenters. The molecular weight excluding hydrogens is 333 g/mol. The number of hydrogen-bond donors (Lipinski definition) is 2. The molecule has 0 radical (unpaired) electrons. The second-order valence-electron chi connectivity index (χ2n) is 7.26. The molecule has 1 saturated heterocycles. The average molecular weight is 361 g/mol. The van der Waals surface area contributed by atoms with Crippen LogP contribution < -0.4 is 15.4 Å². The predicted octanol–water partition coefficient (Wildman–Crippen LogP) is 3.44. The van der Waals surface area contributed by atoms with Crippen LogP contribution in [-0.4, -0.2) is 34.7 Å². The normalized spacial score (nSPS) is 17.2. The molecule has 0 aliphatic carbocycles. The first-order valence-corrected chi connectivity index (χ1v) is 8.90. The van der Waals surface area contributed by atoms with E-state index >= 15 is 0 Å². The Morgan fingerprint density at radius 1 is 1.42 bits per heavy atom. The van der Waals surface area contributed by atoms with Crippen molar-refractivity contribution in [1.82, 2.24) is 9.78 Å². The van der Waals surface area contributed by atoms with E-state index in [9.17, 15) is 4.39 Å². The number of ether oxygens (including phenoxy) is 1. The highest BCUT2D eigenvalue weighted by Crippen LogP contribution is 2.29. The van der Waals surface area contributed by atoms with Gasteiger partial charge >= 0.3 is 0 Å². The number of benzene rings is 1. The minimum atomic E-state index is -0.527. The predicted molar refractivity (Wildman–Crippen MR) is 104 cm³/mol. The van der Waals surface area contributed by atoms with Crippen molar-refractivity contribution < 1.29 is 10.6 Å². The number of aromatic nitrogens is 2. The third-order valence-corrected chi connectivity index (χ3v) is 4.60. The molecule has 0 amide bonds. The van der Waals surface area contributed by atoms with E-state index in [1.54, 1.807) is 4.68 Å². The highest BCUT2D eigenvalue weighted by molar-refractivity contribution is 6.13. The van der Waals surface area contributed by atoms with E-state index in [1.165, 1.54) is 12.1 Å². The third-order valence-electron chi connectivity index (χ3n) is 4.60. The summed E-state index contributed by atoms with van der Waals surface area (Å²) in [6, 6.07) is 4.58. The van der Waals surface area contributed by atoms with Crippen LogP contribution in [0, 0.1) is 17.1 Å². The Hall–Kier alpha value is -2.57. The number of halogens is 1. The maximum absolute atomic E-state index is 14.1. The van der Waals surface area contributed by atoms with Gasteiger partial charge in [-0.25, -0.2) is 4.39 Å². The number of nitrogens with one attached hydrogen (secondary N) is 1. The largest absolute Gasteiger partial charge is 0.488 e. The molecule has 6 nitrogen and oxygen atoms in total. The number of hydrogen-bond acceptors (Lipinski definition) is 5. The van der Waals surface area contributed by atoms with Gasteiger partial charge in [-0.05, 0) is 32.3 Å². The van der Waals surface area contributed by atoms with E-state index in [0.717, 1.165) is 25.3 Å². The Morgan fingerprint density at radius 2 is 2.15 bits per heavy atom. The van der Waals surface area contributed by atoms with Gasteiger partial charge in [-0.3, -0.25) is 10.1 Å². The fourth-order valence-electron chi connectivity index (χ4n) is 3.29. The lowest BCUT2D eigenvalue weighted by Crippen LogP contribution is -2.21. The van der Waals surface area contributed by atoms with Crippen LogP contribution in [0.5, 0.6) is 5.75 Å². The molecular formula is C19H28FN5O. The lowest BCUT2D eigenvalue weighted by atomic mass is 10.0. The number of aryl methyl sites for hydroxylation is 1. The number of rotatable bonds is 5. The second-order valence-corrected chi connectivity index (χ2v) is 7.26. The monoisotopic (exact) mass is 361 g/mol. The van der Waals surface area contributed by atoms with E-state index in [4.69, 9.17) is 15.9 Å². The molecule has 1 aromatic carbocycles. The maximum Gasteiger partial charge on any atom is 0.167 e. The van der Waals surface area contributed by atoms with Crippen molar-refractivity contribution in [2.75, 3.05) is 23.7 Å². The van der Waals surface area contributed by atoms with Crippen LogP contribution in [0.4, 0.5) is 15.9 Å². The summed E-state index contributed by atoms with van der Waals surface area (Å²) in [5.74, 6) is 1.20. The molecule has 0 spiro atoms. The van der Waals surface area contributed by atoms with Gasteiger partial charge in [0.1, 0.15) is 11.5 Å². The molecule has 2 heterocycles. The molecule has 3 rings (SSSR count). The first-order valence-electron chi connectivity index (χ1n) is 8.90. The molecule has 3 N–H and O–H groups in total. The van der Waals surface area contributed by atoms with Crippen LogP contribution in [0.1, 0.15) is 39.9 Å². The minimum absolute atomic E-state index is 0. The van der Waals surface area contributed by atoms with Crippen molar-refractivity contribution >= 4 is 17.2 Å². The Morgan fingerprint density at radius 3 is 2.77 bits per heavy atom. The summed E-state index contributed by atoms with van der Waals surface area (Å²) >= 11 is 0. The Bertz CT molecular complexity index is 836. The minimum Gasteiger partial charge on any atom is -0.488 e. The van der Waals surface area contributed by atoms with Gasteiger partial charge in [0.25, 0.3) is 0 Å². The summed E-state index contributed by atoms with van der Waals surface area (Å²) in [4.78, 5) is 2.27. The van der Waals surface area contributed by atoms with Crippen LogP contribution in [-0.2, 0) is 7.05 Å². The molecule has 7 heteroatoms. The number of nitrogen functional groups attached to an aromatic ring is 1. The van der Waals surface area contributed by atoms with Crippen molar-refractivity contribution in [2.45, 2.75) is 33.3 Å². The maximum atomic E-state index is 14.1. The van der Waals surface area contributed by atoms with Gasteiger partial charge < -0.3 is 15.4 Å². The number of nitrogens with zero attached hydrogens (tertiary/aromatic N) is 3. The molecule has 1 aliphatic rings. The zero-order valence-electron chi connectivity index (χ0n) is 15.7. The van der Waals surface area contributed by atoms with Crippen LogP contribution in [0.25, 0.3) is 0 Å². The van der Waals surface area contributed by atoms with Gasteiger partial charge in [0.2, 0.25) is 0 Å². The Labute approximate surface area is 154 Å². The third kappa shape index (κ3) is 3.52.